The molecule has 0 radical (unpaired) electrons. The first-order valence-corrected chi connectivity index (χ1v) is 14.6. The van der Waals surface area contributed by atoms with Gasteiger partial charge < -0.3 is 48.8 Å². The van der Waals surface area contributed by atoms with Crippen LogP contribution in [0.15, 0.2) is 24.3 Å². The largest absolute Gasteiger partial charge is 0.506 e. The number of phenols is 4. The quantitative estimate of drug-likeness (QED) is 0.164. The van der Waals surface area contributed by atoms with Crippen molar-refractivity contribution in [3.8, 4) is 45.6 Å². The molecule has 4 aromatic carbocycles. The minimum Gasteiger partial charge on any atom is -0.506 e. The van der Waals surface area contributed by atoms with Gasteiger partial charge in [-0.15, -0.1) is 0 Å². The maximum absolute atomic E-state index is 13.0. The van der Waals surface area contributed by atoms with E-state index >= 15 is 0 Å². The molecule has 0 amide bonds. The highest BCUT2D eigenvalue weighted by Gasteiger charge is 2.36. The normalized spacial score (nSPS) is 16.8. The second-order valence-corrected chi connectivity index (χ2v) is 11.3. The molecule has 0 saturated carbocycles. The molecule has 48 heavy (non-hydrogen) atoms. The van der Waals surface area contributed by atoms with E-state index in [0.29, 0.717) is 11.1 Å². The van der Waals surface area contributed by atoms with Crippen LogP contribution in [0, 0.1) is 0 Å². The minimum atomic E-state index is -0.914. The average Bonchev–Trinajstić information content (AvgIpc) is 3.03. The van der Waals surface area contributed by atoms with E-state index in [2.05, 4.69) is 9.47 Å². The molecule has 6 rings (SSSR count). The SMILES string of the molecule is COC(=O)CC1Cc2cc3cc(OC)c(-c4c(OC)cc5cc6c(c(O)c5c4O)C(=O)OC(CC(=O)OC)C6)c(O)c3c(O)c2C(=O)O1. The summed E-state index contributed by atoms with van der Waals surface area (Å²) in [6.07, 6.45) is -1.90. The summed E-state index contributed by atoms with van der Waals surface area (Å²) in [6, 6.07) is 6.04. The number of benzene rings is 4. The maximum Gasteiger partial charge on any atom is 0.342 e. The number of hydrogen-bond donors (Lipinski definition) is 4. The molecule has 2 aliphatic rings. The molecule has 0 aliphatic carbocycles. The molecule has 0 aromatic heterocycles. The molecule has 4 aromatic rings. The summed E-state index contributed by atoms with van der Waals surface area (Å²) in [5.41, 5.74) is -0.0259. The van der Waals surface area contributed by atoms with Crippen LogP contribution < -0.4 is 9.47 Å². The van der Waals surface area contributed by atoms with Crippen LogP contribution in [-0.2, 0) is 41.4 Å². The molecular weight excluding hydrogens is 632 g/mol. The van der Waals surface area contributed by atoms with Gasteiger partial charge in [0.25, 0.3) is 0 Å². The molecular formula is C34H30O14. The van der Waals surface area contributed by atoms with Gasteiger partial charge in [0.15, 0.2) is 0 Å². The summed E-state index contributed by atoms with van der Waals surface area (Å²) in [5.74, 6) is -5.39. The molecule has 14 heteroatoms. The Kier molecular flexibility index (Phi) is 8.03. The van der Waals surface area contributed by atoms with Crippen molar-refractivity contribution < 1.29 is 68.0 Å². The fourth-order valence-electron chi connectivity index (χ4n) is 6.47. The van der Waals surface area contributed by atoms with Gasteiger partial charge in [0.2, 0.25) is 0 Å². The first kappa shape index (κ1) is 32.0. The van der Waals surface area contributed by atoms with Gasteiger partial charge in [-0.05, 0) is 46.2 Å². The van der Waals surface area contributed by atoms with Crippen molar-refractivity contribution in [2.45, 2.75) is 37.9 Å². The van der Waals surface area contributed by atoms with Crippen molar-refractivity contribution in [1.82, 2.24) is 0 Å². The molecule has 4 N–H and O–H groups in total. The topological polar surface area (TPSA) is 205 Å². The van der Waals surface area contributed by atoms with Crippen LogP contribution in [-0.4, -0.2) is 85.0 Å². The second-order valence-electron chi connectivity index (χ2n) is 11.3. The van der Waals surface area contributed by atoms with Crippen molar-refractivity contribution in [1.29, 1.82) is 0 Å². The van der Waals surface area contributed by atoms with Gasteiger partial charge in [0.05, 0.1) is 63.2 Å². The first-order chi connectivity index (χ1) is 22.9. The van der Waals surface area contributed by atoms with Crippen molar-refractivity contribution in [3.05, 3.63) is 46.5 Å². The van der Waals surface area contributed by atoms with Crippen LogP contribution in [0.25, 0.3) is 32.7 Å². The fourth-order valence-corrected chi connectivity index (χ4v) is 6.47. The summed E-state index contributed by atoms with van der Waals surface area (Å²) >= 11 is 0. The van der Waals surface area contributed by atoms with E-state index < -0.39 is 59.1 Å². The maximum atomic E-state index is 13.0. The van der Waals surface area contributed by atoms with Gasteiger partial charge in [0, 0.05) is 12.8 Å². The van der Waals surface area contributed by atoms with Crippen LogP contribution in [0.2, 0.25) is 0 Å². The first-order valence-electron chi connectivity index (χ1n) is 14.6. The van der Waals surface area contributed by atoms with Crippen molar-refractivity contribution >= 4 is 45.4 Å². The summed E-state index contributed by atoms with van der Waals surface area (Å²) in [7, 11) is 5.04. The summed E-state index contributed by atoms with van der Waals surface area (Å²) < 4.78 is 31.3. The Hall–Kier alpha value is -5.92. The third-order valence-corrected chi connectivity index (χ3v) is 8.62. The molecule has 0 saturated heterocycles. The van der Waals surface area contributed by atoms with Crippen molar-refractivity contribution in [3.63, 3.8) is 0 Å². The zero-order valence-corrected chi connectivity index (χ0v) is 26.2. The lowest BCUT2D eigenvalue weighted by molar-refractivity contribution is -0.144. The predicted molar refractivity (Wildman–Crippen MR) is 166 cm³/mol. The van der Waals surface area contributed by atoms with E-state index in [4.69, 9.17) is 18.9 Å². The van der Waals surface area contributed by atoms with Crippen molar-refractivity contribution in [2.75, 3.05) is 28.4 Å². The zero-order chi connectivity index (χ0) is 34.6. The summed E-state index contributed by atoms with van der Waals surface area (Å²) in [4.78, 5) is 49.6. The van der Waals surface area contributed by atoms with Crippen molar-refractivity contribution in [2.24, 2.45) is 0 Å². The number of carbonyl (C=O) groups excluding carboxylic acids is 4. The highest BCUT2D eigenvalue weighted by Crippen LogP contribution is 2.56. The Labute approximate surface area is 271 Å². The summed E-state index contributed by atoms with van der Waals surface area (Å²) in [6.45, 7) is 0. The number of fused-ring (bicyclic) bond motifs is 4. The van der Waals surface area contributed by atoms with E-state index in [1.54, 1.807) is 12.1 Å². The average molecular weight is 663 g/mol. The molecule has 2 aliphatic heterocycles. The third kappa shape index (κ3) is 5.05. The second kappa shape index (κ2) is 12.0. The van der Waals surface area contributed by atoms with Gasteiger partial charge in [-0.3, -0.25) is 9.59 Å². The number of esters is 4. The number of methoxy groups -OCH3 is 4. The van der Waals surface area contributed by atoms with E-state index in [1.807, 2.05) is 0 Å². The van der Waals surface area contributed by atoms with Gasteiger partial charge in [-0.25, -0.2) is 9.59 Å². The highest BCUT2D eigenvalue weighted by molar-refractivity contribution is 6.13. The van der Waals surface area contributed by atoms with Crippen LogP contribution in [0.5, 0.6) is 34.5 Å². The Morgan fingerprint density at radius 1 is 0.625 bits per heavy atom. The Morgan fingerprint density at radius 3 is 1.31 bits per heavy atom. The smallest absolute Gasteiger partial charge is 0.342 e. The van der Waals surface area contributed by atoms with E-state index in [1.165, 1.54) is 40.6 Å². The molecule has 2 heterocycles. The predicted octanol–water partition coefficient (Wildman–Crippen LogP) is 3.79. The van der Waals surface area contributed by atoms with E-state index in [-0.39, 0.29) is 81.0 Å². The number of rotatable bonds is 7. The number of aromatic hydroxyl groups is 4. The van der Waals surface area contributed by atoms with Gasteiger partial charge in [-0.1, -0.05) is 0 Å². The van der Waals surface area contributed by atoms with Crippen LogP contribution in [0.1, 0.15) is 44.7 Å². The number of ether oxygens (including phenoxy) is 6. The molecule has 14 nitrogen and oxygen atoms in total. The zero-order valence-electron chi connectivity index (χ0n) is 26.2. The standard InChI is InChI=1S/C34H30O14/c1-43-19-9-15-5-13-7-17(11-21(35)45-3)47-33(41)25(13)29(37)23(15)31(39)27(19)28-20(44-2)10-16-6-14-8-18(12-22(36)46-4)48-34(42)26(14)30(38)24(16)32(28)40/h5-6,9-10,17-18,37-40H,7-8,11-12H2,1-4H3. The van der Waals surface area contributed by atoms with Gasteiger partial charge in [-0.2, -0.15) is 0 Å². The molecule has 0 spiro atoms. The van der Waals surface area contributed by atoms with Crippen LogP contribution >= 0.6 is 0 Å². The molecule has 2 atom stereocenters. The van der Waals surface area contributed by atoms with Crippen LogP contribution in [0.4, 0.5) is 0 Å². The monoisotopic (exact) mass is 662 g/mol. The molecule has 250 valence electrons. The lowest BCUT2D eigenvalue weighted by Crippen LogP contribution is -2.30. The van der Waals surface area contributed by atoms with E-state index in [0.717, 1.165) is 0 Å². The number of cyclic esters (lactones) is 2. The number of phenolic OH excluding ortho intramolecular Hbond substituents is 4. The molecule has 2 unspecified atom stereocenters. The van der Waals surface area contributed by atoms with E-state index in [9.17, 15) is 39.6 Å². The van der Waals surface area contributed by atoms with Gasteiger partial charge in [0.1, 0.15) is 57.8 Å². The lowest BCUT2D eigenvalue weighted by Gasteiger charge is -2.26. The number of hydrogen-bond acceptors (Lipinski definition) is 14. The fraction of sp³-hybridized carbons (Fsp3) is 0.294. The molecule has 0 fully saturated rings. The van der Waals surface area contributed by atoms with Crippen LogP contribution in [0.3, 0.4) is 0 Å². The van der Waals surface area contributed by atoms with Gasteiger partial charge >= 0.3 is 23.9 Å². The summed E-state index contributed by atoms with van der Waals surface area (Å²) in [5, 5.41) is 46.3. The lowest BCUT2D eigenvalue weighted by atomic mass is 9.87. The number of carbonyl (C=O) groups is 4. The third-order valence-electron chi connectivity index (χ3n) is 8.62. The Balaban J connectivity index is 1.55. The Morgan fingerprint density at radius 2 is 0.979 bits per heavy atom. The molecule has 0 bridgehead atoms. The minimum absolute atomic E-state index is 0.0132. The Bertz CT molecular complexity index is 1920. The highest BCUT2D eigenvalue weighted by atomic mass is 16.6.